The van der Waals surface area contributed by atoms with Gasteiger partial charge in [0.15, 0.2) is 5.82 Å². The van der Waals surface area contributed by atoms with Crippen molar-refractivity contribution in [1.29, 1.82) is 0 Å². The number of methoxy groups -OCH3 is 1. The van der Waals surface area contributed by atoms with E-state index in [9.17, 15) is 4.79 Å². The third-order valence-electron chi connectivity index (χ3n) is 3.91. The van der Waals surface area contributed by atoms with Crippen LogP contribution >= 0.6 is 0 Å². The number of anilines is 1. The summed E-state index contributed by atoms with van der Waals surface area (Å²) in [6, 6.07) is 7.73. The molecule has 0 aliphatic carbocycles. The van der Waals surface area contributed by atoms with Crippen LogP contribution < -0.4 is 10.1 Å². The molecule has 1 aromatic heterocycles. The summed E-state index contributed by atoms with van der Waals surface area (Å²) in [5.41, 5.74) is 1.09. The third-order valence-corrected chi connectivity index (χ3v) is 3.91. The number of aromatic nitrogens is 2. The number of amides is 1. The maximum atomic E-state index is 12.2. The van der Waals surface area contributed by atoms with Crippen LogP contribution in [0.15, 0.2) is 24.3 Å². The molecule has 2 heterocycles. The number of fused-ring (bicyclic) bond motifs is 1. The fourth-order valence-corrected chi connectivity index (χ4v) is 2.78. The van der Waals surface area contributed by atoms with Gasteiger partial charge in [0, 0.05) is 19.1 Å². The molecule has 1 saturated heterocycles. The van der Waals surface area contributed by atoms with Gasteiger partial charge in [-0.25, -0.2) is 14.8 Å². The number of carbonyl (C=O) groups is 1. The number of rotatable bonds is 3. The second-order valence-electron chi connectivity index (χ2n) is 7.13. The molecule has 0 saturated carbocycles. The summed E-state index contributed by atoms with van der Waals surface area (Å²) in [4.78, 5) is 23.0. The Morgan fingerprint density at radius 3 is 2.56 bits per heavy atom. The Hall–Kier alpha value is -2.57. The number of carbonyl (C=O) groups excluding carboxylic acids is 1. The SMILES string of the molecule is COc1nc2ccccc2nc1NC1CCN(C(=O)OC(C)(C)C)C1. The highest BCUT2D eigenvalue weighted by molar-refractivity contribution is 5.77. The highest BCUT2D eigenvalue weighted by Crippen LogP contribution is 2.25. The molecule has 25 heavy (non-hydrogen) atoms. The lowest BCUT2D eigenvalue weighted by molar-refractivity contribution is 0.0293. The van der Waals surface area contributed by atoms with Crippen LogP contribution in [0.25, 0.3) is 11.0 Å². The van der Waals surface area contributed by atoms with Crippen LogP contribution in [0.5, 0.6) is 5.88 Å². The minimum atomic E-state index is -0.490. The third kappa shape index (κ3) is 4.10. The summed E-state index contributed by atoms with van der Waals surface area (Å²) < 4.78 is 10.8. The Morgan fingerprint density at radius 1 is 1.24 bits per heavy atom. The van der Waals surface area contributed by atoms with Crippen molar-refractivity contribution in [3.63, 3.8) is 0 Å². The first-order chi connectivity index (χ1) is 11.9. The van der Waals surface area contributed by atoms with Gasteiger partial charge in [-0.05, 0) is 39.3 Å². The van der Waals surface area contributed by atoms with E-state index >= 15 is 0 Å². The molecular weight excluding hydrogens is 320 g/mol. The van der Waals surface area contributed by atoms with E-state index in [-0.39, 0.29) is 12.1 Å². The van der Waals surface area contributed by atoms with Gasteiger partial charge in [-0.15, -0.1) is 0 Å². The van der Waals surface area contributed by atoms with Crippen LogP contribution in [0.1, 0.15) is 27.2 Å². The Bertz CT molecular complexity index is 772. The first-order valence-corrected chi connectivity index (χ1v) is 8.41. The monoisotopic (exact) mass is 344 g/mol. The maximum absolute atomic E-state index is 12.2. The summed E-state index contributed by atoms with van der Waals surface area (Å²) in [6.45, 7) is 6.81. The average molecular weight is 344 g/mol. The Labute approximate surface area is 147 Å². The van der Waals surface area contributed by atoms with Crippen molar-refractivity contribution in [2.45, 2.75) is 38.8 Å². The zero-order valence-electron chi connectivity index (χ0n) is 15.1. The van der Waals surface area contributed by atoms with E-state index in [4.69, 9.17) is 9.47 Å². The van der Waals surface area contributed by atoms with Gasteiger partial charge in [-0.1, -0.05) is 12.1 Å². The highest BCUT2D eigenvalue weighted by Gasteiger charge is 2.30. The summed E-state index contributed by atoms with van der Waals surface area (Å²) in [5, 5.41) is 3.35. The second kappa shape index (κ2) is 6.74. The smallest absolute Gasteiger partial charge is 0.410 e. The zero-order valence-corrected chi connectivity index (χ0v) is 15.1. The molecule has 1 N–H and O–H groups in total. The van der Waals surface area contributed by atoms with Gasteiger partial charge in [0.1, 0.15) is 5.60 Å². The number of likely N-dealkylation sites (tertiary alicyclic amines) is 1. The minimum absolute atomic E-state index is 0.0804. The first-order valence-electron chi connectivity index (χ1n) is 8.41. The number of ether oxygens (including phenoxy) is 2. The van der Waals surface area contributed by atoms with E-state index in [1.807, 2.05) is 45.0 Å². The van der Waals surface area contributed by atoms with Crippen LogP contribution in [0, 0.1) is 0 Å². The molecular formula is C18H24N4O3. The van der Waals surface area contributed by atoms with Crippen molar-refractivity contribution in [2.24, 2.45) is 0 Å². The molecule has 7 heteroatoms. The van der Waals surface area contributed by atoms with Gasteiger partial charge in [-0.3, -0.25) is 0 Å². The Morgan fingerprint density at radius 2 is 1.92 bits per heavy atom. The van der Waals surface area contributed by atoms with E-state index in [0.717, 1.165) is 17.5 Å². The molecule has 1 amide bonds. The van der Waals surface area contributed by atoms with E-state index < -0.39 is 5.60 Å². The van der Waals surface area contributed by atoms with Gasteiger partial charge in [0.25, 0.3) is 5.88 Å². The van der Waals surface area contributed by atoms with Crippen LogP contribution in [0.3, 0.4) is 0 Å². The molecule has 3 rings (SSSR count). The first kappa shape index (κ1) is 17.3. The van der Waals surface area contributed by atoms with Crippen molar-refractivity contribution < 1.29 is 14.3 Å². The van der Waals surface area contributed by atoms with E-state index in [1.165, 1.54) is 0 Å². The van der Waals surface area contributed by atoms with Gasteiger partial charge in [0.05, 0.1) is 18.1 Å². The van der Waals surface area contributed by atoms with Crippen molar-refractivity contribution in [1.82, 2.24) is 14.9 Å². The van der Waals surface area contributed by atoms with Crippen LogP contribution in [-0.4, -0.2) is 52.8 Å². The average Bonchev–Trinajstić information content (AvgIpc) is 3.01. The van der Waals surface area contributed by atoms with Crippen LogP contribution in [0.2, 0.25) is 0 Å². The van der Waals surface area contributed by atoms with Crippen LogP contribution in [0.4, 0.5) is 10.6 Å². The standard InChI is InChI=1S/C18H24N4O3/c1-18(2,3)25-17(23)22-10-9-12(11-22)19-15-16(24-4)21-14-8-6-5-7-13(14)20-15/h5-8,12H,9-11H2,1-4H3,(H,19,20). The topological polar surface area (TPSA) is 76.6 Å². The fraction of sp³-hybridized carbons (Fsp3) is 0.500. The normalized spacial score (nSPS) is 17.6. The summed E-state index contributed by atoms with van der Waals surface area (Å²) in [5.74, 6) is 1.05. The molecule has 0 spiro atoms. The van der Waals surface area contributed by atoms with Crippen LogP contribution in [-0.2, 0) is 4.74 Å². The van der Waals surface area contributed by atoms with Gasteiger partial charge < -0.3 is 19.7 Å². The van der Waals surface area contributed by atoms with E-state index in [1.54, 1.807) is 12.0 Å². The Kier molecular flexibility index (Phi) is 4.65. The predicted molar refractivity (Wildman–Crippen MR) is 95.9 cm³/mol. The van der Waals surface area contributed by atoms with E-state index in [2.05, 4.69) is 15.3 Å². The largest absolute Gasteiger partial charge is 0.478 e. The predicted octanol–water partition coefficient (Wildman–Crippen LogP) is 3.06. The van der Waals surface area contributed by atoms with Crippen molar-refractivity contribution >= 4 is 22.9 Å². The quantitative estimate of drug-likeness (QED) is 0.922. The van der Waals surface area contributed by atoms with E-state index in [0.29, 0.717) is 24.8 Å². The molecule has 0 radical (unpaired) electrons. The summed E-state index contributed by atoms with van der Waals surface area (Å²) in [7, 11) is 1.58. The highest BCUT2D eigenvalue weighted by atomic mass is 16.6. The lowest BCUT2D eigenvalue weighted by Crippen LogP contribution is -2.36. The lowest BCUT2D eigenvalue weighted by atomic mass is 10.2. The number of nitrogens with one attached hydrogen (secondary N) is 1. The molecule has 1 aliphatic heterocycles. The molecule has 1 aliphatic rings. The molecule has 1 aromatic carbocycles. The molecule has 0 bridgehead atoms. The van der Waals surface area contributed by atoms with Gasteiger partial charge in [-0.2, -0.15) is 0 Å². The van der Waals surface area contributed by atoms with Gasteiger partial charge >= 0.3 is 6.09 Å². The number of para-hydroxylation sites is 2. The zero-order chi connectivity index (χ0) is 18.0. The molecule has 1 fully saturated rings. The molecule has 134 valence electrons. The lowest BCUT2D eigenvalue weighted by Gasteiger charge is -2.24. The Balaban J connectivity index is 1.71. The number of hydrogen-bond donors (Lipinski definition) is 1. The molecule has 1 unspecified atom stereocenters. The van der Waals surface area contributed by atoms with Crippen molar-refractivity contribution in [2.75, 3.05) is 25.5 Å². The fourth-order valence-electron chi connectivity index (χ4n) is 2.78. The van der Waals surface area contributed by atoms with Gasteiger partial charge in [0.2, 0.25) is 0 Å². The minimum Gasteiger partial charge on any atom is -0.478 e. The number of hydrogen-bond acceptors (Lipinski definition) is 6. The molecule has 1 atom stereocenters. The summed E-state index contributed by atoms with van der Waals surface area (Å²) >= 11 is 0. The number of benzene rings is 1. The second-order valence-corrected chi connectivity index (χ2v) is 7.13. The maximum Gasteiger partial charge on any atom is 0.410 e. The molecule has 2 aromatic rings. The number of nitrogens with zero attached hydrogens (tertiary/aromatic N) is 3. The van der Waals surface area contributed by atoms with Crippen molar-refractivity contribution in [3.8, 4) is 5.88 Å². The summed E-state index contributed by atoms with van der Waals surface area (Å²) in [6.07, 6.45) is 0.532. The van der Waals surface area contributed by atoms with Crippen molar-refractivity contribution in [3.05, 3.63) is 24.3 Å². The molecule has 7 nitrogen and oxygen atoms in total.